The van der Waals surface area contributed by atoms with Gasteiger partial charge in [-0.1, -0.05) is 19.3 Å². The molecule has 20 heavy (non-hydrogen) atoms. The number of nitrogens with one attached hydrogen (secondary N) is 2. The van der Waals surface area contributed by atoms with Crippen molar-refractivity contribution >= 4 is 11.8 Å². The zero-order valence-corrected chi connectivity index (χ0v) is 12.5. The fourth-order valence-electron chi connectivity index (χ4n) is 3.23. The van der Waals surface area contributed by atoms with Gasteiger partial charge in [0.05, 0.1) is 12.5 Å². The number of amides is 2. The molecule has 2 fully saturated rings. The van der Waals surface area contributed by atoms with Crippen LogP contribution in [0.3, 0.4) is 0 Å². The maximum absolute atomic E-state index is 12.0. The van der Waals surface area contributed by atoms with Crippen LogP contribution in [0.1, 0.15) is 45.4 Å². The summed E-state index contributed by atoms with van der Waals surface area (Å²) in [5, 5.41) is 5.99. The number of carbonyl (C=O) groups is 2. The molecular formula is C15H27N3O2. The van der Waals surface area contributed by atoms with Gasteiger partial charge in [0.25, 0.3) is 0 Å². The third-order valence-electron chi connectivity index (χ3n) is 4.33. The minimum atomic E-state index is 0.0532. The smallest absolute Gasteiger partial charge is 0.234 e. The lowest BCUT2D eigenvalue weighted by Crippen LogP contribution is -2.42. The van der Waals surface area contributed by atoms with Crippen LogP contribution in [0.25, 0.3) is 0 Å². The maximum atomic E-state index is 12.0. The van der Waals surface area contributed by atoms with Gasteiger partial charge in [-0.2, -0.15) is 0 Å². The summed E-state index contributed by atoms with van der Waals surface area (Å²) in [6.45, 7) is 4.61. The fourth-order valence-corrected chi connectivity index (χ4v) is 3.23. The fraction of sp³-hybridized carbons (Fsp3) is 0.867. The van der Waals surface area contributed by atoms with Gasteiger partial charge in [0, 0.05) is 19.1 Å². The van der Waals surface area contributed by atoms with E-state index in [1.54, 1.807) is 0 Å². The summed E-state index contributed by atoms with van der Waals surface area (Å²) in [7, 11) is 0. The van der Waals surface area contributed by atoms with Gasteiger partial charge in [-0.3, -0.25) is 14.5 Å². The van der Waals surface area contributed by atoms with Crippen molar-refractivity contribution in [1.29, 1.82) is 0 Å². The monoisotopic (exact) mass is 281 g/mol. The zero-order valence-electron chi connectivity index (χ0n) is 12.5. The molecule has 1 aliphatic carbocycles. The molecule has 0 radical (unpaired) electrons. The third kappa shape index (κ3) is 4.47. The van der Waals surface area contributed by atoms with E-state index in [0.717, 1.165) is 25.8 Å². The third-order valence-corrected chi connectivity index (χ3v) is 4.33. The lowest BCUT2D eigenvalue weighted by Gasteiger charge is -2.24. The molecule has 2 aliphatic rings. The summed E-state index contributed by atoms with van der Waals surface area (Å²) in [5.41, 5.74) is 0. The molecule has 1 heterocycles. The summed E-state index contributed by atoms with van der Waals surface area (Å²) >= 11 is 0. The van der Waals surface area contributed by atoms with Crippen molar-refractivity contribution in [3.8, 4) is 0 Å². The summed E-state index contributed by atoms with van der Waals surface area (Å²) in [6.07, 6.45) is 6.86. The molecule has 0 spiro atoms. The van der Waals surface area contributed by atoms with E-state index in [9.17, 15) is 9.59 Å². The first kappa shape index (κ1) is 15.3. The second-order valence-corrected chi connectivity index (χ2v) is 6.02. The van der Waals surface area contributed by atoms with E-state index < -0.39 is 0 Å². The van der Waals surface area contributed by atoms with Crippen molar-refractivity contribution in [1.82, 2.24) is 15.5 Å². The van der Waals surface area contributed by atoms with Gasteiger partial charge in [0.1, 0.15) is 0 Å². The normalized spacial score (nSPS) is 24.6. The van der Waals surface area contributed by atoms with Crippen molar-refractivity contribution in [3.05, 3.63) is 0 Å². The van der Waals surface area contributed by atoms with Gasteiger partial charge >= 0.3 is 0 Å². The van der Waals surface area contributed by atoms with Gasteiger partial charge in [0.2, 0.25) is 11.8 Å². The molecule has 1 aliphatic heterocycles. The van der Waals surface area contributed by atoms with Crippen LogP contribution in [0.15, 0.2) is 0 Å². The number of nitrogens with zero attached hydrogens (tertiary/aromatic N) is 1. The Bertz CT molecular complexity index is 340. The molecule has 1 saturated carbocycles. The van der Waals surface area contributed by atoms with Gasteiger partial charge in [-0.15, -0.1) is 0 Å². The molecule has 2 N–H and O–H groups in total. The van der Waals surface area contributed by atoms with Crippen LogP contribution in [0.4, 0.5) is 0 Å². The summed E-state index contributed by atoms with van der Waals surface area (Å²) in [4.78, 5) is 25.9. The minimum Gasteiger partial charge on any atom is -0.356 e. The van der Waals surface area contributed by atoms with E-state index in [1.165, 1.54) is 19.3 Å². The highest BCUT2D eigenvalue weighted by Gasteiger charge is 2.29. The molecule has 2 amide bonds. The van der Waals surface area contributed by atoms with E-state index in [2.05, 4.69) is 15.5 Å². The largest absolute Gasteiger partial charge is 0.356 e. The molecule has 0 aromatic rings. The van der Waals surface area contributed by atoms with Crippen molar-refractivity contribution < 1.29 is 9.59 Å². The number of likely N-dealkylation sites (tertiary alicyclic amines) is 1. The van der Waals surface area contributed by atoms with Crippen LogP contribution in [0, 0.1) is 5.92 Å². The number of hydrogen-bond donors (Lipinski definition) is 2. The Kier molecular flexibility index (Phi) is 5.83. The first-order valence-electron chi connectivity index (χ1n) is 7.98. The zero-order chi connectivity index (χ0) is 14.4. The minimum absolute atomic E-state index is 0.0532. The highest BCUT2D eigenvalue weighted by molar-refractivity contribution is 5.80. The predicted octanol–water partition coefficient (Wildman–Crippen LogP) is 0.893. The predicted molar refractivity (Wildman–Crippen MR) is 78.2 cm³/mol. The Balaban J connectivity index is 1.68. The maximum Gasteiger partial charge on any atom is 0.234 e. The standard InChI is InChI=1S/C15H27N3O2/c1-2-16-15(20)12-8-9-18(10-12)11-14(19)17-13-6-4-3-5-7-13/h12-13H,2-11H2,1H3,(H,16,20)(H,17,19)/t12-/m0/s1. The first-order valence-corrected chi connectivity index (χ1v) is 7.98. The van der Waals surface area contributed by atoms with Crippen molar-refractivity contribution in [2.24, 2.45) is 5.92 Å². The summed E-state index contributed by atoms with van der Waals surface area (Å²) in [6, 6.07) is 0.373. The Labute approximate surface area is 121 Å². The van der Waals surface area contributed by atoms with Crippen LogP contribution in [0.5, 0.6) is 0 Å². The lowest BCUT2D eigenvalue weighted by atomic mass is 9.95. The van der Waals surface area contributed by atoms with Crippen LogP contribution in [-0.2, 0) is 9.59 Å². The van der Waals surface area contributed by atoms with E-state index in [-0.39, 0.29) is 17.7 Å². The van der Waals surface area contributed by atoms with Crippen molar-refractivity contribution in [2.75, 3.05) is 26.2 Å². The second-order valence-electron chi connectivity index (χ2n) is 6.02. The Morgan fingerprint density at radius 3 is 2.60 bits per heavy atom. The summed E-state index contributed by atoms with van der Waals surface area (Å²) < 4.78 is 0. The van der Waals surface area contributed by atoms with Crippen LogP contribution < -0.4 is 10.6 Å². The molecular weight excluding hydrogens is 254 g/mol. The van der Waals surface area contributed by atoms with Gasteiger partial charge in [0.15, 0.2) is 0 Å². The Morgan fingerprint density at radius 1 is 1.15 bits per heavy atom. The van der Waals surface area contributed by atoms with Gasteiger partial charge in [-0.05, 0) is 32.7 Å². The Morgan fingerprint density at radius 2 is 1.90 bits per heavy atom. The molecule has 0 aromatic carbocycles. The molecule has 5 heteroatoms. The van der Waals surface area contributed by atoms with E-state index in [1.807, 2.05) is 6.92 Å². The highest BCUT2D eigenvalue weighted by Crippen LogP contribution is 2.18. The van der Waals surface area contributed by atoms with Crippen LogP contribution in [-0.4, -0.2) is 48.9 Å². The number of rotatable bonds is 5. The molecule has 0 unspecified atom stereocenters. The number of carbonyl (C=O) groups excluding carboxylic acids is 2. The molecule has 0 aromatic heterocycles. The molecule has 5 nitrogen and oxygen atoms in total. The van der Waals surface area contributed by atoms with Crippen LogP contribution in [0.2, 0.25) is 0 Å². The van der Waals surface area contributed by atoms with E-state index >= 15 is 0 Å². The van der Waals surface area contributed by atoms with Crippen molar-refractivity contribution in [3.63, 3.8) is 0 Å². The second kappa shape index (κ2) is 7.62. The number of hydrogen-bond acceptors (Lipinski definition) is 3. The summed E-state index contributed by atoms with van der Waals surface area (Å²) in [5.74, 6) is 0.300. The molecule has 1 saturated heterocycles. The van der Waals surface area contributed by atoms with E-state index in [0.29, 0.717) is 25.7 Å². The quantitative estimate of drug-likeness (QED) is 0.787. The van der Waals surface area contributed by atoms with Crippen LogP contribution >= 0.6 is 0 Å². The topological polar surface area (TPSA) is 61.4 Å². The molecule has 114 valence electrons. The highest BCUT2D eigenvalue weighted by atomic mass is 16.2. The van der Waals surface area contributed by atoms with Gasteiger partial charge < -0.3 is 10.6 Å². The molecule has 2 rings (SSSR count). The Hall–Kier alpha value is -1.10. The van der Waals surface area contributed by atoms with E-state index in [4.69, 9.17) is 0 Å². The average molecular weight is 281 g/mol. The first-order chi connectivity index (χ1) is 9.69. The lowest BCUT2D eigenvalue weighted by molar-refractivity contribution is -0.125. The molecule has 0 bridgehead atoms. The average Bonchev–Trinajstić information content (AvgIpc) is 2.88. The van der Waals surface area contributed by atoms with Gasteiger partial charge in [-0.25, -0.2) is 0 Å². The molecule has 1 atom stereocenters. The SMILES string of the molecule is CCNC(=O)[C@H]1CCN(CC(=O)NC2CCCCC2)C1. The van der Waals surface area contributed by atoms with Crippen molar-refractivity contribution in [2.45, 2.75) is 51.5 Å².